The maximum absolute atomic E-state index is 11.1. The summed E-state index contributed by atoms with van der Waals surface area (Å²) in [6.07, 6.45) is 2.26. The predicted octanol–water partition coefficient (Wildman–Crippen LogP) is 2.47. The number of hydrogen-bond acceptors (Lipinski definition) is 1. The van der Waals surface area contributed by atoms with Gasteiger partial charge in [-0.05, 0) is 6.42 Å². The smallest absolute Gasteiger partial charge is 0.175 e. The van der Waals surface area contributed by atoms with Crippen molar-refractivity contribution in [2.24, 2.45) is 0 Å². The van der Waals surface area contributed by atoms with Gasteiger partial charge in [0.1, 0.15) is 0 Å². The third-order valence-electron chi connectivity index (χ3n) is 1.21. The Morgan fingerprint density at radius 1 is 1.80 bits per heavy atom. The Balaban J connectivity index is 4.07. The highest BCUT2D eigenvalue weighted by molar-refractivity contribution is 9.10. The molecular weight excluding hydrogens is 192 g/mol. The summed E-state index contributed by atoms with van der Waals surface area (Å²) in [5.74, 6) is 0.0255. The molecule has 0 amide bonds. The van der Waals surface area contributed by atoms with Gasteiger partial charge in [-0.3, -0.25) is 4.79 Å². The molecule has 0 saturated carbocycles. The maximum Gasteiger partial charge on any atom is 0.175 e. The molecular formula is C8H11BrO. The van der Waals surface area contributed by atoms with Crippen LogP contribution in [-0.2, 0) is 4.79 Å². The molecule has 56 valence electrons. The number of allylic oxidation sites excluding steroid dienone is 2. The van der Waals surface area contributed by atoms with Gasteiger partial charge in [0.2, 0.25) is 0 Å². The summed E-state index contributed by atoms with van der Waals surface area (Å²) in [6, 6.07) is 0. The van der Waals surface area contributed by atoms with E-state index in [0.29, 0.717) is 5.57 Å². The van der Waals surface area contributed by atoms with E-state index in [1.807, 2.05) is 6.92 Å². The highest BCUT2D eigenvalue weighted by Crippen LogP contribution is 2.10. The molecule has 0 rings (SSSR count). The van der Waals surface area contributed by atoms with E-state index in [4.69, 9.17) is 0 Å². The molecule has 0 aromatic heterocycles. The van der Waals surface area contributed by atoms with Gasteiger partial charge in [-0.25, -0.2) is 0 Å². The van der Waals surface area contributed by atoms with Crippen LogP contribution in [0, 0.1) is 0 Å². The third kappa shape index (κ3) is 2.48. The van der Waals surface area contributed by atoms with E-state index in [0.717, 1.165) is 6.42 Å². The molecule has 0 aliphatic heterocycles. The molecule has 1 atom stereocenters. The monoisotopic (exact) mass is 202 g/mol. The highest BCUT2D eigenvalue weighted by Gasteiger charge is 2.12. The van der Waals surface area contributed by atoms with Gasteiger partial charge in [-0.1, -0.05) is 42.1 Å². The second kappa shape index (κ2) is 4.45. The number of Topliss-reactive ketones (excluding diaryl/α,β-unsaturated/α-hetero) is 1. The Bertz CT molecular complexity index is 161. The normalized spacial score (nSPS) is 12.2. The predicted molar refractivity (Wildman–Crippen MR) is 47.4 cm³/mol. The summed E-state index contributed by atoms with van der Waals surface area (Å²) < 4.78 is 0. The zero-order valence-corrected chi connectivity index (χ0v) is 7.65. The molecule has 0 aliphatic carbocycles. The van der Waals surface area contributed by atoms with Crippen LogP contribution in [-0.4, -0.2) is 10.6 Å². The summed E-state index contributed by atoms with van der Waals surface area (Å²) in [5, 5.41) is 0. The summed E-state index contributed by atoms with van der Waals surface area (Å²) in [7, 11) is 0. The van der Waals surface area contributed by atoms with Crippen LogP contribution in [0.3, 0.4) is 0 Å². The van der Waals surface area contributed by atoms with Crippen molar-refractivity contribution in [1.29, 1.82) is 0 Å². The number of carbonyl (C=O) groups excluding carboxylic acids is 1. The van der Waals surface area contributed by atoms with Crippen LogP contribution < -0.4 is 0 Å². The number of ketones is 1. The van der Waals surface area contributed by atoms with Gasteiger partial charge in [-0.2, -0.15) is 0 Å². The first-order chi connectivity index (χ1) is 4.63. The maximum atomic E-state index is 11.1. The highest BCUT2D eigenvalue weighted by atomic mass is 79.9. The minimum atomic E-state index is -0.0991. The van der Waals surface area contributed by atoms with Crippen LogP contribution in [0.25, 0.3) is 0 Å². The second-order valence-corrected chi connectivity index (χ2v) is 3.07. The van der Waals surface area contributed by atoms with Crippen molar-refractivity contribution >= 4 is 21.7 Å². The lowest BCUT2D eigenvalue weighted by molar-refractivity contribution is -0.114. The Kier molecular flexibility index (Phi) is 4.28. The van der Waals surface area contributed by atoms with Crippen LogP contribution in [0.15, 0.2) is 24.8 Å². The van der Waals surface area contributed by atoms with Gasteiger partial charge in [-0.15, -0.1) is 0 Å². The molecule has 0 heterocycles. The van der Waals surface area contributed by atoms with Crippen LogP contribution in [0.2, 0.25) is 0 Å². The van der Waals surface area contributed by atoms with Crippen LogP contribution in [0.5, 0.6) is 0 Å². The number of rotatable bonds is 4. The fourth-order valence-electron chi connectivity index (χ4n) is 0.487. The quantitative estimate of drug-likeness (QED) is 0.389. The molecule has 10 heavy (non-hydrogen) atoms. The van der Waals surface area contributed by atoms with Crippen molar-refractivity contribution in [3.63, 3.8) is 0 Å². The van der Waals surface area contributed by atoms with Gasteiger partial charge < -0.3 is 0 Å². The second-order valence-electron chi connectivity index (χ2n) is 1.97. The van der Waals surface area contributed by atoms with Crippen molar-refractivity contribution in [3.05, 3.63) is 24.8 Å². The molecule has 1 unspecified atom stereocenters. The SMILES string of the molecule is C=CC(=C)C(=O)C(Br)CC. The van der Waals surface area contributed by atoms with Gasteiger partial charge in [0.25, 0.3) is 0 Å². The van der Waals surface area contributed by atoms with Gasteiger partial charge in [0, 0.05) is 5.57 Å². The van der Waals surface area contributed by atoms with Crippen molar-refractivity contribution in [3.8, 4) is 0 Å². The van der Waals surface area contributed by atoms with Gasteiger partial charge >= 0.3 is 0 Å². The molecule has 0 fully saturated rings. The first-order valence-electron chi connectivity index (χ1n) is 3.13. The van der Waals surface area contributed by atoms with Crippen LogP contribution in [0.1, 0.15) is 13.3 Å². The molecule has 0 bridgehead atoms. The molecule has 0 aliphatic rings. The van der Waals surface area contributed by atoms with E-state index >= 15 is 0 Å². The summed E-state index contributed by atoms with van der Waals surface area (Å²) in [4.78, 5) is 11.0. The lowest BCUT2D eigenvalue weighted by Crippen LogP contribution is -2.13. The minimum Gasteiger partial charge on any atom is -0.293 e. The first kappa shape index (κ1) is 9.63. The van der Waals surface area contributed by atoms with Crippen molar-refractivity contribution in [2.45, 2.75) is 18.2 Å². The van der Waals surface area contributed by atoms with Crippen LogP contribution >= 0.6 is 15.9 Å². The fourth-order valence-corrected chi connectivity index (χ4v) is 0.781. The fraction of sp³-hybridized carbons (Fsp3) is 0.375. The Morgan fingerprint density at radius 2 is 2.30 bits per heavy atom. The van der Waals surface area contributed by atoms with Crippen molar-refractivity contribution in [2.75, 3.05) is 0 Å². The van der Waals surface area contributed by atoms with Crippen molar-refractivity contribution in [1.82, 2.24) is 0 Å². The molecule has 0 radical (unpaired) electrons. The van der Waals surface area contributed by atoms with E-state index in [-0.39, 0.29) is 10.6 Å². The Morgan fingerprint density at radius 3 is 2.60 bits per heavy atom. The number of hydrogen-bond donors (Lipinski definition) is 0. The van der Waals surface area contributed by atoms with E-state index in [9.17, 15) is 4.79 Å². The molecule has 1 nitrogen and oxygen atoms in total. The van der Waals surface area contributed by atoms with E-state index < -0.39 is 0 Å². The average molecular weight is 203 g/mol. The molecule has 0 saturated heterocycles. The lowest BCUT2D eigenvalue weighted by atomic mass is 10.1. The zero-order chi connectivity index (χ0) is 8.15. The largest absolute Gasteiger partial charge is 0.293 e. The van der Waals surface area contributed by atoms with E-state index in [1.165, 1.54) is 6.08 Å². The Hall–Kier alpha value is -0.370. The van der Waals surface area contributed by atoms with E-state index in [2.05, 4.69) is 29.1 Å². The topological polar surface area (TPSA) is 17.1 Å². The Labute approximate surface area is 69.9 Å². The molecule has 0 N–H and O–H groups in total. The van der Waals surface area contributed by atoms with Gasteiger partial charge in [0.05, 0.1) is 4.83 Å². The molecule has 2 heteroatoms. The molecule has 0 aromatic rings. The zero-order valence-electron chi connectivity index (χ0n) is 6.06. The number of alkyl halides is 1. The molecule has 0 spiro atoms. The summed E-state index contributed by atoms with van der Waals surface area (Å²) in [5.41, 5.74) is 0.476. The third-order valence-corrected chi connectivity index (χ3v) is 2.27. The summed E-state index contributed by atoms with van der Waals surface area (Å²) in [6.45, 7) is 8.94. The van der Waals surface area contributed by atoms with E-state index in [1.54, 1.807) is 0 Å². The van der Waals surface area contributed by atoms with Gasteiger partial charge in [0.15, 0.2) is 5.78 Å². The first-order valence-corrected chi connectivity index (χ1v) is 4.04. The average Bonchev–Trinajstić information content (AvgIpc) is 2.00. The molecule has 0 aromatic carbocycles. The van der Waals surface area contributed by atoms with Crippen LogP contribution in [0.4, 0.5) is 0 Å². The standard InChI is InChI=1S/C8H11BrO/c1-4-6(3)8(10)7(9)5-2/h4,7H,1,3,5H2,2H3. The lowest BCUT2D eigenvalue weighted by Gasteiger charge is -2.03. The number of halogens is 1. The van der Waals surface area contributed by atoms with Crippen molar-refractivity contribution < 1.29 is 4.79 Å². The minimum absolute atomic E-state index is 0.0255. The number of carbonyl (C=O) groups is 1. The summed E-state index contributed by atoms with van der Waals surface area (Å²) >= 11 is 3.23.